The quantitative estimate of drug-likeness (QED) is 0.787. The second kappa shape index (κ2) is 3.81. The molecule has 3 heteroatoms. The van der Waals surface area contributed by atoms with Gasteiger partial charge in [0.1, 0.15) is 5.52 Å². The van der Waals surface area contributed by atoms with Crippen molar-refractivity contribution in [3.63, 3.8) is 0 Å². The molecule has 0 atom stereocenters. The maximum atomic E-state index is 5.92. The van der Waals surface area contributed by atoms with Crippen molar-refractivity contribution in [2.45, 2.75) is 34.1 Å². The van der Waals surface area contributed by atoms with E-state index in [0.717, 1.165) is 40.2 Å². The Hall–Kier alpha value is -1.51. The van der Waals surface area contributed by atoms with E-state index in [4.69, 9.17) is 10.2 Å². The van der Waals surface area contributed by atoms with E-state index < -0.39 is 0 Å². The standard InChI is InChI=1S/C13H18N2O/c1-7(2)5-12-15-11-6-10(14)8(3)9(4)13(11)16-12/h6-7H,5,14H2,1-4H3. The number of aryl methyl sites for hydroxylation is 1. The molecular formula is C13H18N2O. The van der Waals surface area contributed by atoms with E-state index in [-0.39, 0.29) is 0 Å². The van der Waals surface area contributed by atoms with Crippen LogP contribution in [0.2, 0.25) is 0 Å². The molecule has 0 radical (unpaired) electrons. The largest absolute Gasteiger partial charge is 0.440 e. The molecule has 0 amide bonds. The number of benzene rings is 1. The van der Waals surface area contributed by atoms with Gasteiger partial charge in [0.25, 0.3) is 0 Å². The lowest BCUT2D eigenvalue weighted by atomic mass is 10.1. The first-order chi connectivity index (χ1) is 7.49. The third-order valence-electron chi connectivity index (χ3n) is 2.91. The van der Waals surface area contributed by atoms with E-state index in [9.17, 15) is 0 Å². The van der Waals surface area contributed by atoms with E-state index >= 15 is 0 Å². The van der Waals surface area contributed by atoms with Crippen LogP contribution in [0.3, 0.4) is 0 Å². The summed E-state index contributed by atoms with van der Waals surface area (Å²) in [6.45, 7) is 8.34. The van der Waals surface area contributed by atoms with Crippen LogP contribution in [-0.4, -0.2) is 4.98 Å². The van der Waals surface area contributed by atoms with E-state index in [1.54, 1.807) is 0 Å². The zero-order valence-corrected chi connectivity index (χ0v) is 10.3. The van der Waals surface area contributed by atoms with Crippen LogP contribution in [0.5, 0.6) is 0 Å². The minimum atomic E-state index is 0.548. The summed E-state index contributed by atoms with van der Waals surface area (Å²) in [5.41, 5.74) is 10.6. The molecule has 2 N–H and O–H groups in total. The number of hydrogen-bond acceptors (Lipinski definition) is 3. The Morgan fingerprint density at radius 1 is 1.31 bits per heavy atom. The van der Waals surface area contributed by atoms with Crippen LogP contribution >= 0.6 is 0 Å². The summed E-state index contributed by atoms with van der Waals surface area (Å²) in [6.07, 6.45) is 0.868. The van der Waals surface area contributed by atoms with Crippen LogP contribution < -0.4 is 5.73 Å². The van der Waals surface area contributed by atoms with Crippen LogP contribution in [-0.2, 0) is 6.42 Å². The molecule has 86 valence electrons. The second-order valence-electron chi connectivity index (χ2n) is 4.77. The summed E-state index contributed by atoms with van der Waals surface area (Å²) in [4.78, 5) is 4.47. The molecule has 0 aliphatic heterocycles. The first kappa shape index (κ1) is 11.0. The van der Waals surface area contributed by atoms with Gasteiger partial charge in [-0.25, -0.2) is 4.98 Å². The number of anilines is 1. The van der Waals surface area contributed by atoms with Crippen molar-refractivity contribution in [2.24, 2.45) is 5.92 Å². The van der Waals surface area contributed by atoms with Gasteiger partial charge in [0.05, 0.1) is 0 Å². The molecule has 0 aliphatic carbocycles. The number of nitrogens with zero attached hydrogens (tertiary/aromatic N) is 1. The molecule has 2 rings (SSSR count). The highest BCUT2D eigenvalue weighted by atomic mass is 16.3. The fraction of sp³-hybridized carbons (Fsp3) is 0.462. The van der Waals surface area contributed by atoms with E-state index in [0.29, 0.717) is 5.92 Å². The van der Waals surface area contributed by atoms with Gasteiger partial charge in [0, 0.05) is 12.1 Å². The molecule has 0 bridgehead atoms. The SMILES string of the molecule is Cc1c(N)cc2nc(CC(C)C)oc2c1C. The van der Waals surface area contributed by atoms with Crippen molar-refractivity contribution >= 4 is 16.8 Å². The van der Waals surface area contributed by atoms with E-state index in [1.165, 1.54) is 0 Å². The van der Waals surface area contributed by atoms with Crippen LogP contribution in [0.25, 0.3) is 11.1 Å². The first-order valence-electron chi connectivity index (χ1n) is 5.64. The zero-order chi connectivity index (χ0) is 11.9. The van der Waals surface area contributed by atoms with Crippen molar-refractivity contribution in [2.75, 3.05) is 5.73 Å². The minimum absolute atomic E-state index is 0.548. The number of fused-ring (bicyclic) bond motifs is 1. The van der Waals surface area contributed by atoms with E-state index in [1.807, 2.05) is 19.9 Å². The Balaban J connectivity index is 2.57. The molecule has 0 fully saturated rings. The van der Waals surface area contributed by atoms with Crippen LogP contribution in [0.1, 0.15) is 30.9 Å². The van der Waals surface area contributed by atoms with Gasteiger partial charge in [-0.2, -0.15) is 0 Å². The Labute approximate surface area is 95.7 Å². The van der Waals surface area contributed by atoms with Gasteiger partial charge >= 0.3 is 0 Å². The molecular weight excluding hydrogens is 200 g/mol. The number of nitrogen functional groups attached to an aromatic ring is 1. The van der Waals surface area contributed by atoms with Crippen LogP contribution in [0.15, 0.2) is 10.5 Å². The summed E-state index contributed by atoms with van der Waals surface area (Å²) in [7, 11) is 0. The summed E-state index contributed by atoms with van der Waals surface area (Å²) in [5, 5.41) is 0. The number of nitrogens with two attached hydrogens (primary N) is 1. The lowest BCUT2D eigenvalue weighted by Crippen LogP contribution is -1.93. The monoisotopic (exact) mass is 218 g/mol. The summed E-state index contributed by atoms with van der Waals surface area (Å²) < 4.78 is 5.78. The average Bonchev–Trinajstić information content (AvgIpc) is 2.56. The topological polar surface area (TPSA) is 52.0 Å². The highest BCUT2D eigenvalue weighted by molar-refractivity contribution is 5.82. The maximum Gasteiger partial charge on any atom is 0.195 e. The first-order valence-corrected chi connectivity index (χ1v) is 5.64. The molecule has 0 saturated heterocycles. The molecule has 16 heavy (non-hydrogen) atoms. The summed E-state index contributed by atoms with van der Waals surface area (Å²) >= 11 is 0. The Morgan fingerprint density at radius 3 is 2.62 bits per heavy atom. The predicted molar refractivity (Wildman–Crippen MR) is 66.4 cm³/mol. The van der Waals surface area contributed by atoms with Crippen molar-refractivity contribution in [1.82, 2.24) is 4.98 Å². The Morgan fingerprint density at radius 2 is 2.00 bits per heavy atom. The highest BCUT2D eigenvalue weighted by Crippen LogP contribution is 2.27. The Bertz CT molecular complexity index is 526. The van der Waals surface area contributed by atoms with Gasteiger partial charge in [-0.3, -0.25) is 0 Å². The molecule has 2 aromatic rings. The van der Waals surface area contributed by atoms with Gasteiger partial charge in [-0.1, -0.05) is 13.8 Å². The van der Waals surface area contributed by atoms with Crippen molar-refractivity contribution in [1.29, 1.82) is 0 Å². The third kappa shape index (κ3) is 1.77. The van der Waals surface area contributed by atoms with Crippen molar-refractivity contribution < 1.29 is 4.42 Å². The fourth-order valence-electron chi connectivity index (χ4n) is 1.82. The molecule has 3 nitrogen and oxygen atoms in total. The molecule has 0 unspecified atom stereocenters. The lowest BCUT2D eigenvalue weighted by molar-refractivity contribution is 0.481. The summed E-state index contributed by atoms with van der Waals surface area (Å²) in [6, 6.07) is 1.89. The smallest absolute Gasteiger partial charge is 0.195 e. The third-order valence-corrected chi connectivity index (χ3v) is 2.91. The lowest BCUT2D eigenvalue weighted by Gasteiger charge is -2.03. The van der Waals surface area contributed by atoms with Gasteiger partial charge in [0.2, 0.25) is 0 Å². The molecule has 0 aliphatic rings. The minimum Gasteiger partial charge on any atom is -0.440 e. The van der Waals surface area contributed by atoms with E-state index in [2.05, 4.69) is 18.8 Å². The number of rotatable bonds is 2. The number of oxazole rings is 1. The summed E-state index contributed by atoms with van der Waals surface area (Å²) in [5.74, 6) is 1.35. The number of hydrogen-bond donors (Lipinski definition) is 1. The predicted octanol–water partition coefficient (Wildman–Crippen LogP) is 3.23. The van der Waals surface area contributed by atoms with Gasteiger partial charge in [-0.05, 0) is 37.0 Å². The Kier molecular flexibility index (Phi) is 2.62. The second-order valence-corrected chi connectivity index (χ2v) is 4.77. The van der Waals surface area contributed by atoms with Gasteiger partial charge in [0.15, 0.2) is 11.5 Å². The van der Waals surface area contributed by atoms with Crippen LogP contribution in [0.4, 0.5) is 5.69 Å². The molecule has 0 saturated carbocycles. The van der Waals surface area contributed by atoms with Crippen LogP contribution in [0, 0.1) is 19.8 Å². The van der Waals surface area contributed by atoms with Crippen molar-refractivity contribution in [3.8, 4) is 0 Å². The normalized spacial score (nSPS) is 11.6. The molecule has 0 spiro atoms. The fourth-order valence-corrected chi connectivity index (χ4v) is 1.82. The number of aromatic nitrogens is 1. The van der Waals surface area contributed by atoms with Gasteiger partial charge < -0.3 is 10.2 Å². The maximum absolute atomic E-state index is 5.92. The highest BCUT2D eigenvalue weighted by Gasteiger charge is 2.12. The average molecular weight is 218 g/mol. The molecule has 1 aromatic heterocycles. The molecule has 1 heterocycles. The molecule has 1 aromatic carbocycles. The zero-order valence-electron chi connectivity index (χ0n) is 10.3. The van der Waals surface area contributed by atoms with Gasteiger partial charge in [-0.15, -0.1) is 0 Å². The van der Waals surface area contributed by atoms with Crippen molar-refractivity contribution in [3.05, 3.63) is 23.1 Å².